The Hall–Kier alpha value is -1.89. The molecule has 19 heavy (non-hydrogen) atoms. The van der Waals surface area contributed by atoms with Crippen LogP contribution in [0.5, 0.6) is 0 Å². The quantitative estimate of drug-likeness (QED) is 0.674. The van der Waals surface area contributed by atoms with Crippen molar-refractivity contribution in [3.8, 4) is 0 Å². The maximum atomic E-state index is 11.6. The summed E-state index contributed by atoms with van der Waals surface area (Å²) < 4.78 is 0. The zero-order valence-electron chi connectivity index (χ0n) is 10.3. The highest BCUT2D eigenvalue weighted by atomic mass is 35.5. The second-order valence-corrected chi connectivity index (χ2v) is 4.84. The van der Waals surface area contributed by atoms with Crippen molar-refractivity contribution in [2.24, 2.45) is 0 Å². The molecule has 0 radical (unpaired) electrons. The minimum atomic E-state index is -0.554. The van der Waals surface area contributed by atoms with E-state index in [-0.39, 0.29) is 22.7 Å². The summed E-state index contributed by atoms with van der Waals surface area (Å²) in [5.74, 6) is 0.427. The molecule has 1 N–H and O–H groups in total. The largest absolute Gasteiger partial charge is 0.366 e. The van der Waals surface area contributed by atoms with Crippen LogP contribution < -0.4 is 5.32 Å². The first-order chi connectivity index (χ1) is 8.97. The maximum absolute atomic E-state index is 11.6. The van der Waals surface area contributed by atoms with Gasteiger partial charge in [-0.2, -0.15) is 0 Å². The molecule has 0 aliphatic carbocycles. The molecule has 1 unspecified atom stereocenters. The van der Waals surface area contributed by atoms with Crippen LogP contribution in [0.4, 0.5) is 11.5 Å². The van der Waals surface area contributed by atoms with Crippen LogP contribution in [0.1, 0.15) is 12.8 Å². The number of amides is 1. The lowest BCUT2D eigenvalue weighted by molar-refractivity contribution is -0.385. The molecule has 1 aromatic rings. The van der Waals surface area contributed by atoms with Gasteiger partial charge in [0.05, 0.1) is 9.95 Å². The molecule has 1 atom stereocenters. The van der Waals surface area contributed by atoms with E-state index in [2.05, 4.69) is 10.3 Å². The number of anilines is 1. The molecule has 0 spiro atoms. The van der Waals surface area contributed by atoms with E-state index in [0.29, 0.717) is 18.8 Å². The second kappa shape index (κ2) is 5.40. The summed E-state index contributed by atoms with van der Waals surface area (Å²) in [6, 6.07) is 1.20. The van der Waals surface area contributed by atoms with Crippen molar-refractivity contribution < 1.29 is 9.72 Å². The predicted octanol–water partition coefficient (Wildman–Crippen LogP) is 1.68. The minimum Gasteiger partial charge on any atom is -0.366 e. The number of nitrogens with one attached hydrogen (secondary N) is 1. The predicted molar refractivity (Wildman–Crippen MR) is 70.2 cm³/mol. The highest BCUT2D eigenvalue weighted by Crippen LogP contribution is 2.26. The van der Waals surface area contributed by atoms with Crippen molar-refractivity contribution in [1.29, 1.82) is 0 Å². The lowest BCUT2D eigenvalue weighted by atomic mass is 10.1. The SMILES string of the molecule is CN1CCC(Nc2ncc([N+](=O)[O-])cc2Cl)CC1=O. The Balaban J connectivity index is 2.07. The molecule has 0 aromatic carbocycles. The molecule has 2 rings (SSSR count). The van der Waals surface area contributed by atoms with Crippen LogP contribution in [0.2, 0.25) is 5.02 Å². The molecule has 0 saturated carbocycles. The lowest BCUT2D eigenvalue weighted by Gasteiger charge is -2.29. The van der Waals surface area contributed by atoms with E-state index in [0.717, 1.165) is 12.6 Å². The van der Waals surface area contributed by atoms with Gasteiger partial charge in [0.2, 0.25) is 5.91 Å². The first kappa shape index (κ1) is 13.5. The summed E-state index contributed by atoms with van der Waals surface area (Å²) in [5.41, 5.74) is -0.157. The van der Waals surface area contributed by atoms with Gasteiger partial charge in [-0.15, -0.1) is 0 Å². The van der Waals surface area contributed by atoms with Gasteiger partial charge in [0.15, 0.2) is 0 Å². The monoisotopic (exact) mass is 284 g/mol. The average Bonchev–Trinajstić information content (AvgIpc) is 2.36. The Labute approximate surface area is 114 Å². The molecule has 1 aliphatic heterocycles. The van der Waals surface area contributed by atoms with E-state index >= 15 is 0 Å². The third-order valence-corrected chi connectivity index (χ3v) is 3.33. The Morgan fingerprint density at radius 2 is 2.37 bits per heavy atom. The fourth-order valence-electron chi connectivity index (χ4n) is 1.89. The Bertz CT molecular complexity index is 523. The molecule has 0 bridgehead atoms. The number of hydrogen-bond donors (Lipinski definition) is 1. The van der Waals surface area contributed by atoms with Crippen LogP contribution in [-0.4, -0.2) is 40.3 Å². The number of nitro groups is 1. The van der Waals surface area contributed by atoms with Gasteiger partial charge in [-0.3, -0.25) is 14.9 Å². The van der Waals surface area contributed by atoms with Crippen molar-refractivity contribution in [2.45, 2.75) is 18.9 Å². The van der Waals surface area contributed by atoms with E-state index < -0.39 is 4.92 Å². The highest BCUT2D eigenvalue weighted by Gasteiger charge is 2.24. The number of aromatic nitrogens is 1. The molecule has 102 valence electrons. The van der Waals surface area contributed by atoms with Gasteiger partial charge in [-0.05, 0) is 6.42 Å². The van der Waals surface area contributed by atoms with Crippen LogP contribution in [0.3, 0.4) is 0 Å². The van der Waals surface area contributed by atoms with E-state index in [1.165, 1.54) is 6.07 Å². The zero-order valence-corrected chi connectivity index (χ0v) is 11.1. The van der Waals surface area contributed by atoms with Crippen molar-refractivity contribution in [2.75, 3.05) is 18.9 Å². The summed E-state index contributed by atoms with van der Waals surface area (Å²) in [5, 5.41) is 13.8. The van der Waals surface area contributed by atoms with E-state index in [1.54, 1.807) is 11.9 Å². The number of carbonyl (C=O) groups excluding carboxylic acids is 1. The van der Waals surface area contributed by atoms with Crippen molar-refractivity contribution in [1.82, 2.24) is 9.88 Å². The fraction of sp³-hybridized carbons (Fsp3) is 0.455. The Morgan fingerprint density at radius 3 is 2.95 bits per heavy atom. The number of nitrogens with zero attached hydrogens (tertiary/aromatic N) is 3. The van der Waals surface area contributed by atoms with Gasteiger partial charge in [0.1, 0.15) is 12.0 Å². The first-order valence-corrected chi connectivity index (χ1v) is 6.15. The molecular weight excluding hydrogens is 272 g/mol. The zero-order chi connectivity index (χ0) is 14.0. The number of piperidine rings is 1. The van der Waals surface area contributed by atoms with Gasteiger partial charge in [0, 0.05) is 32.1 Å². The molecule has 8 heteroatoms. The lowest BCUT2D eigenvalue weighted by Crippen LogP contribution is -2.41. The number of likely N-dealkylation sites (tertiary alicyclic amines) is 1. The summed E-state index contributed by atoms with van der Waals surface area (Å²) in [6.07, 6.45) is 2.30. The highest BCUT2D eigenvalue weighted by molar-refractivity contribution is 6.33. The molecule has 1 aliphatic rings. The Kier molecular flexibility index (Phi) is 3.84. The van der Waals surface area contributed by atoms with Crippen molar-refractivity contribution in [3.63, 3.8) is 0 Å². The second-order valence-electron chi connectivity index (χ2n) is 4.43. The smallest absolute Gasteiger partial charge is 0.289 e. The third kappa shape index (κ3) is 3.11. The first-order valence-electron chi connectivity index (χ1n) is 5.78. The summed E-state index contributed by atoms with van der Waals surface area (Å²) in [7, 11) is 1.76. The van der Waals surface area contributed by atoms with Crippen LogP contribution in [0.25, 0.3) is 0 Å². The fourth-order valence-corrected chi connectivity index (χ4v) is 2.11. The van der Waals surface area contributed by atoms with Gasteiger partial charge < -0.3 is 10.2 Å². The number of rotatable bonds is 3. The number of carbonyl (C=O) groups is 1. The van der Waals surface area contributed by atoms with E-state index in [4.69, 9.17) is 11.6 Å². The Morgan fingerprint density at radius 1 is 1.63 bits per heavy atom. The molecule has 7 nitrogen and oxygen atoms in total. The molecule has 1 aromatic heterocycles. The third-order valence-electron chi connectivity index (χ3n) is 3.04. The summed E-state index contributed by atoms with van der Waals surface area (Å²) in [4.78, 5) is 27.2. The minimum absolute atomic E-state index is 0.0462. The number of halogens is 1. The van der Waals surface area contributed by atoms with E-state index in [9.17, 15) is 14.9 Å². The van der Waals surface area contributed by atoms with Gasteiger partial charge in [-0.25, -0.2) is 4.98 Å². The van der Waals surface area contributed by atoms with Crippen LogP contribution in [0, 0.1) is 10.1 Å². The van der Waals surface area contributed by atoms with Crippen molar-refractivity contribution >= 4 is 29.0 Å². The molecule has 1 fully saturated rings. The standard InChI is InChI=1S/C11H13ClN4O3/c1-15-3-2-7(4-10(15)17)14-11-9(12)5-8(6-13-11)16(18)19/h5-7H,2-4H2,1H3,(H,13,14). The van der Waals surface area contributed by atoms with Crippen LogP contribution in [-0.2, 0) is 4.79 Å². The average molecular weight is 285 g/mol. The van der Waals surface area contributed by atoms with Crippen molar-refractivity contribution in [3.05, 3.63) is 27.4 Å². The van der Waals surface area contributed by atoms with Crippen LogP contribution >= 0.6 is 11.6 Å². The number of pyridine rings is 1. The topological polar surface area (TPSA) is 88.4 Å². The molecule has 2 heterocycles. The van der Waals surface area contributed by atoms with Crippen LogP contribution in [0.15, 0.2) is 12.3 Å². The summed E-state index contributed by atoms with van der Waals surface area (Å²) >= 11 is 5.93. The van der Waals surface area contributed by atoms with Gasteiger partial charge in [-0.1, -0.05) is 11.6 Å². The van der Waals surface area contributed by atoms with Gasteiger partial charge >= 0.3 is 0 Å². The molecule has 1 saturated heterocycles. The summed E-state index contributed by atoms with van der Waals surface area (Å²) in [6.45, 7) is 0.668. The van der Waals surface area contributed by atoms with E-state index in [1.807, 2.05) is 0 Å². The molecular formula is C11H13ClN4O3. The normalized spacial score (nSPS) is 19.4. The molecule has 1 amide bonds. The number of hydrogen-bond acceptors (Lipinski definition) is 5. The van der Waals surface area contributed by atoms with Gasteiger partial charge in [0.25, 0.3) is 5.69 Å². The maximum Gasteiger partial charge on any atom is 0.289 e.